The Morgan fingerprint density at radius 1 is 1.12 bits per heavy atom. The number of amides is 1. The molecule has 1 aromatic rings. The number of carbonyl (C=O) groups is 1. The second-order valence-electron chi connectivity index (χ2n) is 7.60. The molecule has 0 saturated heterocycles. The Balaban J connectivity index is 1.41. The van der Waals surface area contributed by atoms with Crippen LogP contribution in [0.1, 0.15) is 61.6 Å². The van der Waals surface area contributed by atoms with Crippen molar-refractivity contribution in [3.63, 3.8) is 0 Å². The third kappa shape index (κ3) is 4.97. The van der Waals surface area contributed by atoms with E-state index in [1.165, 1.54) is 29.5 Å². The molecule has 1 aliphatic heterocycles. The van der Waals surface area contributed by atoms with Gasteiger partial charge in [0, 0.05) is 18.2 Å². The number of anilines is 1. The molecule has 138 valence electrons. The predicted molar refractivity (Wildman–Crippen MR) is 104 cm³/mol. The van der Waals surface area contributed by atoms with E-state index in [0.717, 1.165) is 76.7 Å². The molecule has 0 radical (unpaired) electrons. The molecule has 1 aromatic carbocycles. The first-order chi connectivity index (χ1) is 12.3. The van der Waals surface area contributed by atoms with Crippen LogP contribution in [0.4, 0.5) is 5.69 Å². The van der Waals surface area contributed by atoms with Crippen molar-refractivity contribution < 1.29 is 4.79 Å². The van der Waals surface area contributed by atoms with Crippen LogP contribution < -0.4 is 16.4 Å². The first-order valence-corrected chi connectivity index (χ1v) is 10.1. The first kappa shape index (κ1) is 18.2. The minimum Gasteiger partial charge on any atom is -0.398 e. The summed E-state index contributed by atoms with van der Waals surface area (Å²) in [6.07, 6.45) is 11.2. The monoisotopic (exact) mass is 343 g/mol. The van der Waals surface area contributed by atoms with Gasteiger partial charge in [-0.2, -0.15) is 0 Å². The van der Waals surface area contributed by atoms with E-state index >= 15 is 0 Å². The van der Waals surface area contributed by atoms with Crippen molar-refractivity contribution in [2.75, 3.05) is 25.4 Å². The Bertz CT molecular complexity index is 579. The maximum absolute atomic E-state index is 12.0. The zero-order chi connectivity index (χ0) is 17.5. The number of hydrogen-bond donors (Lipinski definition) is 3. The Morgan fingerprint density at radius 2 is 1.92 bits per heavy atom. The molecule has 1 aliphatic carbocycles. The molecule has 4 heteroatoms. The van der Waals surface area contributed by atoms with E-state index in [4.69, 9.17) is 5.73 Å². The molecule has 25 heavy (non-hydrogen) atoms. The molecule has 0 bridgehead atoms. The van der Waals surface area contributed by atoms with Crippen LogP contribution in [0.2, 0.25) is 0 Å². The molecule has 0 spiro atoms. The highest BCUT2D eigenvalue weighted by Crippen LogP contribution is 2.26. The van der Waals surface area contributed by atoms with Gasteiger partial charge >= 0.3 is 0 Å². The van der Waals surface area contributed by atoms with Crippen molar-refractivity contribution in [3.05, 3.63) is 28.8 Å². The number of nitrogens with two attached hydrogens (primary N) is 1. The average molecular weight is 344 g/mol. The molecule has 0 unspecified atom stereocenters. The number of unbranched alkanes of at least 4 members (excludes halogenated alkanes) is 2. The van der Waals surface area contributed by atoms with Crippen LogP contribution in [0.25, 0.3) is 0 Å². The second-order valence-corrected chi connectivity index (χ2v) is 7.60. The van der Waals surface area contributed by atoms with Crippen molar-refractivity contribution in [2.24, 2.45) is 5.92 Å². The molecular formula is C21H33N3O. The van der Waals surface area contributed by atoms with E-state index in [1.54, 1.807) is 0 Å². The first-order valence-electron chi connectivity index (χ1n) is 10.1. The highest BCUT2D eigenvalue weighted by atomic mass is 16.1. The number of benzene rings is 1. The quantitative estimate of drug-likeness (QED) is 0.527. The van der Waals surface area contributed by atoms with Crippen LogP contribution in [0.15, 0.2) is 12.1 Å². The summed E-state index contributed by atoms with van der Waals surface area (Å²) in [4.78, 5) is 12.0. The van der Waals surface area contributed by atoms with E-state index < -0.39 is 0 Å². The highest BCUT2D eigenvalue weighted by molar-refractivity contribution is 5.78. The third-order valence-corrected chi connectivity index (χ3v) is 5.82. The fraction of sp³-hybridized carbons (Fsp3) is 0.667. The zero-order valence-electron chi connectivity index (χ0n) is 15.4. The van der Waals surface area contributed by atoms with Crippen LogP contribution in [0.3, 0.4) is 0 Å². The summed E-state index contributed by atoms with van der Waals surface area (Å²) >= 11 is 0. The third-order valence-electron chi connectivity index (χ3n) is 5.82. The standard InChI is InChI=1S/C21H33N3O/c22-20-10-9-16-11-14-23-15-12-18(16)19(20)8-2-1-5-13-24-21(25)17-6-3-4-7-17/h9-10,17,23H,1-8,11-15,22H2,(H,24,25). The average Bonchev–Trinajstić information content (AvgIpc) is 3.05. The Labute approximate surface area is 151 Å². The van der Waals surface area contributed by atoms with Gasteiger partial charge in [-0.1, -0.05) is 25.3 Å². The predicted octanol–water partition coefficient (Wildman–Crippen LogP) is 2.98. The molecule has 1 saturated carbocycles. The molecular weight excluding hydrogens is 310 g/mol. The van der Waals surface area contributed by atoms with E-state index in [0.29, 0.717) is 0 Å². The summed E-state index contributed by atoms with van der Waals surface area (Å²) in [5, 5.41) is 6.60. The van der Waals surface area contributed by atoms with Crippen molar-refractivity contribution in [3.8, 4) is 0 Å². The summed E-state index contributed by atoms with van der Waals surface area (Å²) in [6, 6.07) is 4.29. The van der Waals surface area contributed by atoms with Crippen LogP contribution in [0, 0.1) is 5.92 Å². The van der Waals surface area contributed by atoms with Gasteiger partial charge in [-0.15, -0.1) is 0 Å². The molecule has 4 nitrogen and oxygen atoms in total. The van der Waals surface area contributed by atoms with Crippen LogP contribution >= 0.6 is 0 Å². The highest BCUT2D eigenvalue weighted by Gasteiger charge is 2.21. The van der Waals surface area contributed by atoms with E-state index in [-0.39, 0.29) is 11.8 Å². The van der Waals surface area contributed by atoms with Crippen molar-refractivity contribution in [1.82, 2.24) is 10.6 Å². The maximum Gasteiger partial charge on any atom is 0.223 e. The van der Waals surface area contributed by atoms with E-state index in [2.05, 4.69) is 22.8 Å². The van der Waals surface area contributed by atoms with Crippen LogP contribution in [-0.2, 0) is 24.1 Å². The SMILES string of the molecule is Nc1ccc2c(c1CCCCCNC(=O)C1CCCC1)CCNCC2. The fourth-order valence-electron chi connectivity index (χ4n) is 4.31. The summed E-state index contributed by atoms with van der Waals surface area (Å²) in [5.41, 5.74) is 11.6. The molecule has 1 amide bonds. The van der Waals surface area contributed by atoms with E-state index in [1.807, 2.05) is 0 Å². The normalized spacial score (nSPS) is 17.9. The molecule has 0 atom stereocenters. The largest absolute Gasteiger partial charge is 0.398 e. The number of fused-ring (bicyclic) bond motifs is 1. The number of hydrogen-bond acceptors (Lipinski definition) is 3. The van der Waals surface area contributed by atoms with Gasteiger partial charge in [0.25, 0.3) is 0 Å². The zero-order valence-corrected chi connectivity index (χ0v) is 15.4. The van der Waals surface area contributed by atoms with Crippen LogP contribution in [-0.4, -0.2) is 25.5 Å². The Morgan fingerprint density at radius 3 is 2.76 bits per heavy atom. The number of nitrogens with one attached hydrogen (secondary N) is 2. The van der Waals surface area contributed by atoms with E-state index in [9.17, 15) is 4.79 Å². The van der Waals surface area contributed by atoms with Gasteiger partial charge in [0.15, 0.2) is 0 Å². The van der Waals surface area contributed by atoms with Crippen molar-refractivity contribution >= 4 is 11.6 Å². The minimum atomic E-state index is 0.280. The smallest absolute Gasteiger partial charge is 0.223 e. The van der Waals surface area contributed by atoms with Gasteiger partial charge in [0.2, 0.25) is 5.91 Å². The lowest BCUT2D eigenvalue weighted by atomic mass is 9.92. The topological polar surface area (TPSA) is 67.1 Å². The summed E-state index contributed by atoms with van der Waals surface area (Å²) < 4.78 is 0. The van der Waals surface area contributed by atoms with Gasteiger partial charge < -0.3 is 16.4 Å². The van der Waals surface area contributed by atoms with Gasteiger partial charge in [0.1, 0.15) is 0 Å². The van der Waals surface area contributed by atoms with Crippen LogP contribution in [0.5, 0.6) is 0 Å². The molecule has 2 aliphatic rings. The lowest BCUT2D eigenvalue weighted by molar-refractivity contribution is -0.124. The summed E-state index contributed by atoms with van der Waals surface area (Å²) in [6.45, 7) is 2.94. The molecule has 0 aromatic heterocycles. The lowest BCUT2D eigenvalue weighted by Crippen LogP contribution is -2.30. The number of carbonyl (C=O) groups excluding carboxylic acids is 1. The molecule has 1 heterocycles. The number of nitrogen functional groups attached to an aromatic ring is 1. The van der Waals surface area contributed by atoms with Gasteiger partial charge in [-0.3, -0.25) is 4.79 Å². The van der Waals surface area contributed by atoms with Gasteiger partial charge in [0.05, 0.1) is 0 Å². The fourth-order valence-corrected chi connectivity index (χ4v) is 4.31. The summed E-state index contributed by atoms with van der Waals surface area (Å²) in [5.74, 6) is 0.566. The van der Waals surface area contributed by atoms with Gasteiger partial charge in [-0.05, 0) is 80.8 Å². The molecule has 3 rings (SSSR count). The minimum absolute atomic E-state index is 0.280. The summed E-state index contributed by atoms with van der Waals surface area (Å²) in [7, 11) is 0. The second kappa shape index (κ2) is 9.23. The van der Waals surface area contributed by atoms with Crippen molar-refractivity contribution in [2.45, 2.75) is 64.2 Å². The number of rotatable bonds is 7. The molecule has 4 N–H and O–H groups in total. The Hall–Kier alpha value is -1.55. The van der Waals surface area contributed by atoms with Gasteiger partial charge in [-0.25, -0.2) is 0 Å². The maximum atomic E-state index is 12.0. The molecule has 1 fully saturated rings. The Kier molecular flexibility index (Phi) is 6.74. The lowest BCUT2D eigenvalue weighted by Gasteiger charge is -2.15. The van der Waals surface area contributed by atoms with Crippen molar-refractivity contribution in [1.29, 1.82) is 0 Å².